The Morgan fingerprint density at radius 2 is 1.48 bits per heavy atom. The Bertz CT molecular complexity index is 694. The largest absolute Gasteiger partial charge is 0.481 e. The van der Waals surface area contributed by atoms with E-state index in [9.17, 15) is 18.3 Å². The molecule has 0 bridgehead atoms. The maximum atomic E-state index is 12.2. The van der Waals surface area contributed by atoms with Crippen molar-refractivity contribution in [2.45, 2.75) is 11.7 Å². The van der Waals surface area contributed by atoms with Crippen LogP contribution >= 0.6 is 0 Å². The monoisotopic (exact) mass is 304 g/mol. The fraction of sp³-hybridized carbons (Fsp3) is 0.188. The molecule has 2 aromatic rings. The highest BCUT2D eigenvalue weighted by Gasteiger charge is 2.26. The summed E-state index contributed by atoms with van der Waals surface area (Å²) < 4.78 is 24.4. The molecule has 0 aliphatic carbocycles. The molecule has 4 nitrogen and oxygen atoms in total. The van der Waals surface area contributed by atoms with Crippen molar-refractivity contribution in [1.82, 2.24) is 0 Å². The average Bonchev–Trinajstić information content (AvgIpc) is 2.46. The van der Waals surface area contributed by atoms with Gasteiger partial charge in [-0.25, -0.2) is 8.42 Å². The van der Waals surface area contributed by atoms with Crippen molar-refractivity contribution in [1.29, 1.82) is 0 Å². The third-order valence-corrected chi connectivity index (χ3v) is 4.76. The summed E-state index contributed by atoms with van der Waals surface area (Å²) in [6.07, 6.45) is 0. The van der Waals surface area contributed by atoms with Gasteiger partial charge in [0.05, 0.1) is 17.4 Å². The summed E-state index contributed by atoms with van der Waals surface area (Å²) in [5.74, 6) is -2.72. The van der Waals surface area contributed by atoms with Gasteiger partial charge >= 0.3 is 5.97 Å². The first-order valence-electron chi connectivity index (χ1n) is 6.50. The number of benzene rings is 2. The molecule has 0 saturated carbocycles. The molecule has 0 aliphatic rings. The molecule has 5 heteroatoms. The van der Waals surface area contributed by atoms with Crippen LogP contribution in [0.1, 0.15) is 17.0 Å². The Labute approximate surface area is 124 Å². The number of hydrogen-bond acceptors (Lipinski definition) is 3. The van der Waals surface area contributed by atoms with Crippen LogP contribution in [0.2, 0.25) is 0 Å². The second kappa shape index (κ2) is 6.54. The number of aliphatic carboxylic acids is 1. The van der Waals surface area contributed by atoms with Gasteiger partial charge in [-0.2, -0.15) is 0 Å². The van der Waals surface area contributed by atoms with Crippen LogP contribution in [-0.2, 0) is 20.4 Å². The van der Waals surface area contributed by atoms with Crippen LogP contribution < -0.4 is 0 Å². The molecule has 1 N–H and O–H groups in total. The standard InChI is InChI=1S/C16H16O4S/c17-16(18)15(14-9-5-2-6-10-14)12-21(19,20)11-13-7-3-1-4-8-13/h1-10,15H,11-12H2,(H,17,18)/t15-/m1/s1. The molecule has 0 spiro atoms. The Morgan fingerprint density at radius 3 is 2.00 bits per heavy atom. The van der Waals surface area contributed by atoms with Crippen LogP contribution in [-0.4, -0.2) is 25.2 Å². The highest BCUT2D eigenvalue weighted by molar-refractivity contribution is 7.90. The summed E-state index contributed by atoms with van der Waals surface area (Å²) in [4.78, 5) is 11.4. The zero-order valence-corrected chi connectivity index (χ0v) is 12.2. The molecule has 0 aliphatic heterocycles. The predicted molar refractivity (Wildman–Crippen MR) is 80.8 cm³/mol. The van der Waals surface area contributed by atoms with Gasteiger partial charge in [-0.1, -0.05) is 60.7 Å². The number of carboxylic acid groups (broad SMARTS) is 1. The summed E-state index contributed by atoms with van der Waals surface area (Å²) >= 11 is 0. The smallest absolute Gasteiger partial charge is 0.312 e. The topological polar surface area (TPSA) is 71.4 Å². The van der Waals surface area contributed by atoms with Gasteiger partial charge in [-0.15, -0.1) is 0 Å². The van der Waals surface area contributed by atoms with Gasteiger partial charge in [-0.3, -0.25) is 4.79 Å². The van der Waals surface area contributed by atoms with Crippen LogP contribution in [0, 0.1) is 0 Å². The first-order chi connectivity index (χ1) is 9.98. The predicted octanol–water partition coefficient (Wildman–Crippen LogP) is 2.47. The maximum Gasteiger partial charge on any atom is 0.312 e. The number of carboxylic acids is 1. The van der Waals surface area contributed by atoms with Crippen molar-refractivity contribution in [3.05, 3.63) is 71.8 Å². The molecule has 1 atom stereocenters. The van der Waals surface area contributed by atoms with Crippen molar-refractivity contribution in [3.8, 4) is 0 Å². The first kappa shape index (κ1) is 15.3. The van der Waals surface area contributed by atoms with E-state index in [4.69, 9.17) is 0 Å². The SMILES string of the molecule is O=C(O)[C@H](CS(=O)(=O)Cc1ccccc1)c1ccccc1. The molecular weight excluding hydrogens is 288 g/mol. The van der Waals surface area contributed by atoms with Gasteiger partial charge in [0.25, 0.3) is 0 Å². The average molecular weight is 304 g/mol. The molecule has 2 aromatic carbocycles. The highest BCUT2D eigenvalue weighted by atomic mass is 32.2. The molecule has 0 aromatic heterocycles. The zero-order chi connectivity index (χ0) is 15.3. The number of sulfone groups is 1. The molecule has 0 unspecified atom stereocenters. The second-order valence-electron chi connectivity index (χ2n) is 4.84. The minimum absolute atomic E-state index is 0.148. The molecular formula is C16H16O4S. The third kappa shape index (κ3) is 4.43. The molecule has 0 amide bonds. The molecule has 0 heterocycles. The van der Waals surface area contributed by atoms with E-state index in [2.05, 4.69) is 0 Å². The summed E-state index contributed by atoms with van der Waals surface area (Å²) in [5.41, 5.74) is 1.16. The fourth-order valence-electron chi connectivity index (χ4n) is 2.14. The van der Waals surface area contributed by atoms with Crippen molar-refractivity contribution < 1.29 is 18.3 Å². The van der Waals surface area contributed by atoms with Crippen LogP contribution in [0.25, 0.3) is 0 Å². The van der Waals surface area contributed by atoms with E-state index in [0.29, 0.717) is 11.1 Å². The summed E-state index contributed by atoms with van der Waals surface area (Å²) in [5, 5.41) is 9.29. The van der Waals surface area contributed by atoms with E-state index >= 15 is 0 Å². The summed E-state index contributed by atoms with van der Waals surface area (Å²) in [7, 11) is -3.51. The highest BCUT2D eigenvalue weighted by Crippen LogP contribution is 2.20. The number of carbonyl (C=O) groups is 1. The normalized spacial score (nSPS) is 12.8. The van der Waals surface area contributed by atoms with Gasteiger partial charge in [0.2, 0.25) is 0 Å². The van der Waals surface area contributed by atoms with Gasteiger partial charge < -0.3 is 5.11 Å². The van der Waals surface area contributed by atoms with E-state index in [0.717, 1.165) is 0 Å². The van der Waals surface area contributed by atoms with E-state index in [1.807, 2.05) is 0 Å². The molecule has 0 radical (unpaired) electrons. The molecule has 21 heavy (non-hydrogen) atoms. The van der Waals surface area contributed by atoms with Crippen molar-refractivity contribution in [2.75, 3.05) is 5.75 Å². The van der Waals surface area contributed by atoms with E-state index in [1.165, 1.54) is 0 Å². The van der Waals surface area contributed by atoms with Crippen LogP contribution in [0.5, 0.6) is 0 Å². The maximum absolute atomic E-state index is 12.2. The second-order valence-corrected chi connectivity index (χ2v) is 6.95. The molecule has 0 saturated heterocycles. The Balaban J connectivity index is 2.19. The lowest BCUT2D eigenvalue weighted by Gasteiger charge is -2.13. The van der Waals surface area contributed by atoms with Crippen molar-refractivity contribution in [2.24, 2.45) is 0 Å². The zero-order valence-electron chi connectivity index (χ0n) is 11.3. The molecule has 0 fully saturated rings. The quantitative estimate of drug-likeness (QED) is 0.890. The molecule has 2 rings (SSSR count). The van der Waals surface area contributed by atoms with Gasteiger partial charge in [0.15, 0.2) is 9.84 Å². The number of rotatable bonds is 6. The van der Waals surface area contributed by atoms with Crippen molar-refractivity contribution >= 4 is 15.8 Å². The minimum Gasteiger partial charge on any atom is -0.481 e. The Hall–Kier alpha value is -2.14. The van der Waals surface area contributed by atoms with E-state index in [-0.39, 0.29) is 5.75 Å². The van der Waals surface area contributed by atoms with Crippen LogP contribution in [0.15, 0.2) is 60.7 Å². The van der Waals surface area contributed by atoms with Gasteiger partial charge in [0.1, 0.15) is 0 Å². The van der Waals surface area contributed by atoms with Gasteiger partial charge in [0, 0.05) is 0 Å². The van der Waals surface area contributed by atoms with Crippen molar-refractivity contribution in [3.63, 3.8) is 0 Å². The minimum atomic E-state index is -3.51. The molecule has 110 valence electrons. The lowest BCUT2D eigenvalue weighted by molar-refractivity contribution is -0.138. The summed E-state index contributed by atoms with van der Waals surface area (Å²) in [6, 6.07) is 17.2. The van der Waals surface area contributed by atoms with E-state index < -0.39 is 27.5 Å². The number of hydrogen-bond donors (Lipinski definition) is 1. The van der Waals surface area contributed by atoms with Gasteiger partial charge in [-0.05, 0) is 11.1 Å². The summed E-state index contributed by atoms with van der Waals surface area (Å²) in [6.45, 7) is 0. The Morgan fingerprint density at radius 1 is 0.952 bits per heavy atom. The van der Waals surface area contributed by atoms with Crippen LogP contribution in [0.3, 0.4) is 0 Å². The third-order valence-electron chi connectivity index (χ3n) is 3.15. The fourth-order valence-corrected chi connectivity index (χ4v) is 3.80. The lowest BCUT2D eigenvalue weighted by Crippen LogP contribution is -2.23. The van der Waals surface area contributed by atoms with E-state index in [1.54, 1.807) is 60.7 Å². The lowest BCUT2D eigenvalue weighted by atomic mass is 10.0. The van der Waals surface area contributed by atoms with Crippen LogP contribution in [0.4, 0.5) is 0 Å². The Kier molecular flexibility index (Phi) is 4.75. The first-order valence-corrected chi connectivity index (χ1v) is 8.32.